The summed E-state index contributed by atoms with van der Waals surface area (Å²) in [5, 5.41) is 0. The Balaban J connectivity index is 2.20. The van der Waals surface area contributed by atoms with Crippen LogP contribution in [0.15, 0.2) is 0 Å². The molecule has 1 fully saturated rings. The summed E-state index contributed by atoms with van der Waals surface area (Å²) < 4.78 is 39.3. The summed E-state index contributed by atoms with van der Waals surface area (Å²) >= 11 is 0. The van der Waals surface area contributed by atoms with Crippen LogP contribution in [-0.2, 0) is 4.74 Å². The Bertz CT molecular complexity index is 226. The number of hydrogen-bond acceptors (Lipinski definition) is 2. The van der Waals surface area contributed by atoms with Crippen molar-refractivity contribution in [2.45, 2.75) is 25.4 Å². The Morgan fingerprint density at radius 3 is 2.47 bits per heavy atom. The van der Waals surface area contributed by atoms with Crippen molar-refractivity contribution >= 4 is 6.09 Å². The van der Waals surface area contributed by atoms with E-state index in [0.717, 1.165) is 19.3 Å². The van der Waals surface area contributed by atoms with E-state index in [4.69, 9.17) is 0 Å². The summed E-state index contributed by atoms with van der Waals surface area (Å²) in [6, 6.07) is 0. The van der Waals surface area contributed by atoms with E-state index in [-0.39, 0.29) is 0 Å². The van der Waals surface area contributed by atoms with Crippen LogP contribution in [0.1, 0.15) is 19.3 Å². The molecule has 0 N–H and O–H groups in total. The third-order valence-corrected chi connectivity index (χ3v) is 2.43. The lowest BCUT2D eigenvalue weighted by molar-refractivity contribution is -0.162. The predicted octanol–water partition coefficient (Wildman–Crippen LogP) is 2.42. The van der Waals surface area contributed by atoms with Gasteiger partial charge in [-0.25, -0.2) is 4.79 Å². The summed E-state index contributed by atoms with van der Waals surface area (Å²) in [4.78, 5) is 12.3. The fraction of sp³-hybridized carbons (Fsp3) is 0.889. The summed E-state index contributed by atoms with van der Waals surface area (Å²) in [7, 11) is 1.46. The van der Waals surface area contributed by atoms with Crippen molar-refractivity contribution in [2.75, 3.05) is 20.2 Å². The molecular formula is C9H14F3NO2. The Morgan fingerprint density at radius 1 is 1.47 bits per heavy atom. The SMILES string of the molecule is CN(CC1CCC1)C(=O)OCC(F)(F)F. The van der Waals surface area contributed by atoms with Gasteiger partial charge in [-0.3, -0.25) is 0 Å². The first-order chi connectivity index (χ1) is 6.88. The fourth-order valence-corrected chi connectivity index (χ4v) is 1.39. The van der Waals surface area contributed by atoms with Crippen LogP contribution in [0.3, 0.4) is 0 Å². The molecule has 0 aromatic carbocycles. The van der Waals surface area contributed by atoms with Gasteiger partial charge in [0.2, 0.25) is 0 Å². The van der Waals surface area contributed by atoms with E-state index in [2.05, 4.69) is 4.74 Å². The molecule has 15 heavy (non-hydrogen) atoms. The second kappa shape index (κ2) is 4.72. The van der Waals surface area contributed by atoms with Gasteiger partial charge in [-0.15, -0.1) is 0 Å². The Labute approximate surface area is 86.2 Å². The molecule has 0 aromatic rings. The summed E-state index contributed by atoms with van der Waals surface area (Å²) in [6.45, 7) is -1.03. The summed E-state index contributed by atoms with van der Waals surface area (Å²) in [5.41, 5.74) is 0. The zero-order chi connectivity index (χ0) is 11.5. The van der Waals surface area contributed by atoms with Crippen molar-refractivity contribution in [2.24, 2.45) is 5.92 Å². The second-order valence-corrected chi connectivity index (χ2v) is 3.85. The standard InChI is InChI=1S/C9H14F3NO2/c1-13(5-7-3-2-4-7)8(14)15-6-9(10,11)12/h7H,2-6H2,1H3. The molecule has 0 aliphatic heterocycles. The van der Waals surface area contributed by atoms with Gasteiger partial charge < -0.3 is 9.64 Å². The highest BCUT2D eigenvalue weighted by Crippen LogP contribution is 2.26. The molecule has 0 radical (unpaired) electrons. The first-order valence-corrected chi connectivity index (χ1v) is 4.83. The molecule has 3 nitrogen and oxygen atoms in total. The predicted molar refractivity (Wildman–Crippen MR) is 47.4 cm³/mol. The van der Waals surface area contributed by atoms with Gasteiger partial charge in [0.25, 0.3) is 0 Å². The molecule has 0 unspecified atom stereocenters. The highest BCUT2D eigenvalue weighted by molar-refractivity contribution is 5.67. The van der Waals surface area contributed by atoms with Gasteiger partial charge in [-0.1, -0.05) is 6.42 Å². The number of alkyl halides is 3. The minimum absolute atomic E-state index is 0.424. The van der Waals surface area contributed by atoms with Gasteiger partial charge >= 0.3 is 12.3 Å². The number of hydrogen-bond donors (Lipinski definition) is 0. The van der Waals surface area contributed by atoms with Crippen LogP contribution in [0.25, 0.3) is 0 Å². The fourth-order valence-electron chi connectivity index (χ4n) is 1.39. The van der Waals surface area contributed by atoms with Gasteiger partial charge in [-0.2, -0.15) is 13.2 Å². The molecule has 0 saturated heterocycles. The van der Waals surface area contributed by atoms with Gasteiger partial charge in [-0.05, 0) is 18.8 Å². The third-order valence-electron chi connectivity index (χ3n) is 2.43. The van der Waals surface area contributed by atoms with Crippen LogP contribution in [0, 0.1) is 5.92 Å². The van der Waals surface area contributed by atoms with Crippen molar-refractivity contribution in [3.8, 4) is 0 Å². The highest BCUT2D eigenvalue weighted by atomic mass is 19.4. The molecule has 0 bridgehead atoms. The van der Waals surface area contributed by atoms with E-state index in [1.165, 1.54) is 11.9 Å². The Morgan fingerprint density at radius 2 is 2.07 bits per heavy atom. The second-order valence-electron chi connectivity index (χ2n) is 3.85. The number of carbonyl (C=O) groups excluding carboxylic acids is 1. The molecule has 0 atom stereocenters. The van der Waals surface area contributed by atoms with E-state index >= 15 is 0 Å². The number of nitrogens with zero attached hydrogens (tertiary/aromatic N) is 1. The van der Waals surface area contributed by atoms with Crippen LogP contribution in [0.4, 0.5) is 18.0 Å². The molecule has 1 amide bonds. The van der Waals surface area contributed by atoms with Gasteiger partial charge in [0.1, 0.15) is 0 Å². The average Bonchev–Trinajstić information content (AvgIpc) is 2.05. The van der Waals surface area contributed by atoms with Gasteiger partial charge in [0.15, 0.2) is 6.61 Å². The van der Waals surface area contributed by atoms with Crippen LogP contribution in [0.5, 0.6) is 0 Å². The molecule has 0 spiro atoms. The maximum atomic E-state index is 11.7. The largest absolute Gasteiger partial charge is 0.440 e. The van der Waals surface area contributed by atoms with Crippen molar-refractivity contribution in [3.05, 3.63) is 0 Å². The minimum atomic E-state index is -4.45. The van der Waals surface area contributed by atoms with Crippen LogP contribution in [-0.4, -0.2) is 37.4 Å². The lowest BCUT2D eigenvalue weighted by atomic mass is 9.85. The van der Waals surface area contributed by atoms with Crippen LogP contribution >= 0.6 is 0 Å². The normalized spacial score (nSPS) is 17.1. The Kier molecular flexibility index (Phi) is 3.82. The first kappa shape index (κ1) is 12.1. The molecule has 1 saturated carbocycles. The highest BCUT2D eigenvalue weighted by Gasteiger charge is 2.30. The molecule has 0 aromatic heterocycles. The smallest absolute Gasteiger partial charge is 0.422 e. The van der Waals surface area contributed by atoms with E-state index in [9.17, 15) is 18.0 Å². The van der Waals surface area contributed by atoms with Crippen molar-refractivity contribution in [1.29, 1.82) is 0 Å². The molecule has 0 heterocycles. The summed E-state index contributed by atoms with van der Waals surface area (Å²) in [5.74, 6) is 0.424. The quantitative estimate of drug-likeness (QED) is 0.738. The van der Waals surface area contributed by atoms with Gasteiger partial charge in [0.05, 0.1) is 0 Å². The molecular weight excluding hydrogens is 211 g/mol. The lowest BCUT2D eigenvalue weighted by Gasteiger charge is -2.29. The van der Waals surface area contributed by atoms with Crippen LogP contribution < -0.4 is 0 Å². The van der Waals surface area contributed by atoms with Crippen molar-refractivity contribution < 1.29 is 22.7 Å². The zero-order valence-corrected chi connectivity index (χ0v) is 8.51. The van der Waals surface area contributed by atoms with Gasteiger partial charge in [0, 0.05) is 13.6 Å². The monoisotopic (exact) mass is 225 g/mol. The molecule has 6 heteroatoms. The maximum Gasteiger partial charge on any atom is 0.422 e. The number of rotatable bonds is 3. The summed E-state index contributed by atoms with van der Waals surface area (Å²) in [6.07, 6.45) is -2.14. The van der Waals surface area contributed by atoms with E-state index in [1.807, 2.05) is 0 Å². The van der Waals surface area contributed by atoms with Crippen molar-refractivity contribution in [1.82, 2.24) is 4.90 Å². The van der Waals surface area contributed by atoms with Crippen molar-refractivity contribution in [3.63, 3.8) is 0 Å². The zero-order valence-electron chi connectivity index (χ0n) is 8.51. The third kappa shape index (κ3) is 4.40. The van der Waals surface area contributed by atoms with E-state index in [0.29, 0.717) is 12.5 Å². The molecule has 1 aliphatic carbocycles. The Hall–Kier alpha value is -0.940. The number of ether oxygens (including phenoxy) is 1. The van der Waals surface area contributed by atoms with E-state index < -0.39 is 18.9 Å². The number of carbonyl (C=O) groups is 1. The molecule has 1 aliphatic rings. The van der Waals surface area contributed by atoms with Crippen LogP contribution in [0.2, 0.25) is 0 Å². The molecule has 1 rings (SSSR count). The number of halogens is 3. The van der Waals surface area contributed by atoms with E-state index in [1.54, 1.807) is 0 Å². The minimum Gasteiger partial charge on any atom is -0.440 e. The molecule has 88 valence electrons. The maximum absolute atomic E-state index is 11.7. The lowest BCUT2D eigenvalue weighted by Crippen LogP contribution is -2.36. The number of amides is 1. The first-order valence-electron chi connectivity index (χ1n) is 4.83. The topological polar surface area (TPSA) is 29.5 Å². The average molecular weight is 225 g/mol.